The molecular formula is C25H19FN4O2. The molecule has 0 aliphatic rings. The SMILES string of the molecule is C[C@H](NC(=O)c1cn2cc(-c3ccc4ccccc4c3)[nH]c(=O)c2n1)c1ccc(F)cc1. The minimum Gasteiger partial charge on any atom is -0.344 e. The Bertz CT molecular complexity index is 1520. The van der Waals surface area contributed by atoms with Gasteiger partial charge in [0.25, 0.3) is 11.5 Å². The second-order valence-electron chi connectivity index (χ2n) is 7.66. The second-order valence-corrected chi connectivity index (χ2v) is 7.66. The van der Waals surface area contributed by atoms with Gasteiger partial charge in [-0.15, -0.1) is 0 Å². The van der Waals surface area contributed by atoms with Crippen molar-refractivity contribution < 1.29 is 9.18 Å². The number of aromatic nitrogens is 3. The molecule has 5 aromatic rings. The fraction of sp³-hybridized carbons (Fsp3) is 0.0800. The molecule has 158 valence electrons. The number of carbonyl (C=O) groups is 1. The van der Waals surface area contributed by atoms with E-state index in [1.807, 2.05) is 42.5 Å². The van der Waals surface area contributed by atoms with E-state index in [1.54, 1.807) is 29.7 Å². The molecule has 0 aliphatic carbocycles. The first-order valence-electron chi connectivity index (χ1n) is 10.2. The van der Waals surface area contributed by atoms with Crippen molar-refractivity contribution in [2.45, 2.75) is 13.0 Å². The lowest BCUT2D eigenvalue weighted by Crippen LogP contribution is -2.27. The normalized spacial score (nSPS) is 12.2. The fourth-order valence-corrected chi connectivity index (χ4v) is 3.73. The summed E-state index contributed by atoms with van der Waals surface area (Å²) in [5.74, 6) is -0.758. The second kappa shape index (κ2) is 7.77. The number of amides is 1. The Labute approximate surface area is 182 Å². The van der Waals surface area contributed by atoms with Gasteiger partial charge in [0.15, 0.2) is 0 Å². The molecule has 2 N–H and O–H groups in total. The minimum absolute atomic E-state index is 0.125. The third-order valence-electron chi connectivity index (χ3n) is 5.46. The Hall–Kier alpha value is -4.26. The Morgan fingerprint density at radius 3 is 2.56 bits per heavy atom. The van der Waals surface area contributed by atoms with Crippen LogP contribution in [-0.2, 0) is 0 Å². The third-order valence-corrected chi connectivity index (χ3v) is 5.46. The van der Waals surface area contributed by atoms with Gasteiger partial charge >= 0.3 is 0 Å². The summed E-state index contributed by atoms with van der Waals surface area (Å²) in [4.78, 5) is 32.4. The largest absolute Gasteiger partial charge is 0.344 e. The van der Waals surface area contributed by atoms with Gasteiger partial charge in [-0.05, 0) is 41.5 Å². The van der Waals surface area contributed by atoms with Crippen LogP contribution in [0.2, 0.25) is 0 Å². The monoisotopic (exact) mass is 426 g/mol. The van der Waals surface area contributed by atoms with Crippen LogP contribution in [0.4, 0.5) is 4.39 Å². The summed E-state index contributed by atoms with van der Waals surface area (Å²) < 4.78 is 14.7. The van der Waals surface area contributed by atoms with Gasteiger partial charge in [0.2, 0.25) is 5.65 Å². The van der Waals surface area contributed by atoms with Gasteiger partial charge in [0.05, 0.1) is 11.7 Å². The van der Waals surface area contributed by atoms with Crippen LogP contribution in [0.25, 0.3) is 27.7 Å². The molecule has 3 aromatic carbocycles. The van der Waals surface area contributed by atoms with Crippen LogP contribution < -0.4 is 10.9 Å². The van der Waals surface area contributed by atoms with Gasteiger partial charge in [0, 0.05) is 18.0 Å². The van der Waals surface area contributed by atoms with Gasteiger partial charge < -0.3 is 10.3 Å². The van der Waals surface area contributed by atoms with Crippen LogP contribution in [0, 0.1) is 5.82 Å². The van der Waals surface area contributed by atoms with Gasteiger partial charge in [0.1, 0.15) is 11.5 Å². The molecule has 0 spiro atoms. The number of benzene rings is 3. The molecule has 32 heavy (non-hydrogen) atoms. The highest BCUT2D eigenvalue weighted by Gasteiger charge is 2.17. The van der Waals surface area contributed by atoms with Crippen LogP contribution in [0.15, 0.2) is 83.9 Å². The van der Waals surface area contributed by atoms with Crippen LogP contribution in [0.5, 0.6) is 0 Å². The summed E-state index contributed by atoms with van der Waals surface area (Å²) in [5.41, 5.74) is 2.11. The lowest BCUT2D eigenvalue weighted by Gasteiger charge is -2.13. The fourth-order valence-electron chi connectivity index (χ4n) is 3.73. The molecule has 0 saturated heterocycles. The number of H-pyrrole nitrogens is 1. The van der Waals surface area contributed by atoms with Crippen LogP contribution in [0.3, 0.4) is 0 Å². The molecule has 5 rings (SSSR count). The maximum atomic E-state index is 13.1. The van der Waals surface area contributed by atoms with Crippen LogP contribution in [-0.4, -0.2) is 20.3 Å². The zero-order chi connectivity index (χ0) is 22.2. The molecule has 0 fully saturated rings. The number of halogens is 1. The average molecular weight is 426 g/mol. The molecule has 0 radical (unpaired) electrons. The Morgan fingerprint density at radius 1 is 1.03 bits per heavy atom. The van der Waals surface area contributed by atoms with E-state index in [-0.39, 0.29) is 28.8 Å². The summed E-state index contributed by atoms with van der Waals surface area (Å²) in [6, 6.07) is 19.5. The van der Waals surface area contributed by atoms with Crippen molar-refractivity contribution in [3.05, 3.63) is 107 Å². The highest BCUT2D eigenvalue weighted by molar-refractivity contribution is 5.93. The molecule has 1 amide bonds. The Kier molecular flexibility index (Phi) is 4.78. The summed E-state index contributed by atoms with van der Waals surface area (Å²) >= 11 is 0. The first kappa shape index (κ1) is 19.7. The molecular weight excluding hydrogens is 407 g/mol. The maximum absolute atomic E-state index is 13.1. The third kappa shape index (κ3) is 3.65. The van der Waals surface area contributed by atoms with E-state index in [4.69, 9.17) is 0 Å². The Morgan fingerprint density at radius 2 is 1.78 bits per heavy atom. The van der Waals surface area contributed by atoms with Gasteiger partial charge in [-0.2, -0.15) is 0 Å². The van der Waals surface area contributed by atoms with Gasteiger partial charge in [-0.3, -0.25) is 14.0 Å². The molecule has 0 aliphatic heterocycles. The number of fused-ring (bicyclic) bond motifs is 2. The predicted octanol–water partition coefficient (Wildman–Crippen LogP) is 4.47. The maximum Gasteiger partial charge on any atom is 0.292 e. The van der Waals surface area contributed by atoms with Crippen molar-refractivity contribution in [1.29, 1.82) is 0 Å². The lowest BCUT2D eigenvalue weighted by atomic mass is 10.1. The quantitative estimate of drug-likeness (QED) is 0.445. The number of nitrogens with zero attached hydrogens (tertiary/aromatic N) is 2. The van der Waals surface area contributed by atoms with Crippen molar-refractivity contribution in [3.8, 4) is 11.3 Å². The summed E-state index contributed by atoms with van der Waals surface area (Å²) in [6.45, 7) is 1.80. The van der Waals surface area contributed by atoms with Gasteiger partial charge in [-0.1, -0.05) is 48.5 Å². The van der Waals surface area contributed by atoms with Crippen molar-refractivity contribution in [2.24, 2.45) is 0 Å². The molecule has 7 heteroatoms. The zero-order valence-corrected chi connectivity index (χ0v) is 17.2. The molecule has 2 heterocycles. The molecule has 0 bridgehead atoms. The number of hydrogen-bond donors (Lipinski definition) is 2. The molecule has 2 aromatic heterocycles. The molecule has 0 saturated carbocycles. The van der Waals surface area contributed by atoms with Crippen molar-refractivity contribution in [1.82, 2.24) is 19.7 Å². The highest BCUT2D eigenvalue weighted by Crippen LogP contribution is 2.22. The number of imidazole rings is 1. The first-order valence-corrected chi connectivity index (χ1v) is 10.2. The predicted molar refractivity (Wildman–Crippen MR) is 121 cm³/mol. The van der Waals surface area contributed by atoms with E-state index >= 15 is 0 Å². The van der Waals surface area contributed by atoms with E-state index in [1.165, 1.54) is 18.3 Å². The highest BCUT2D eigenvalue weighted by atomic mass is 19.1. The van der Waals surface area contributed by atoms with E-state index in [0.29, 0.717) is 5.69 Å². The van der Waals surface area contributed by atoms with E-state index in [9.17, 15) is 14.0 Å². The van der Waals surface area contributed by atoms with Crippen LogP contribution >= 0.6 is 0 Å². The summed E-state index contributed by atoms with van der Waals surface area (Å²) in [7, 11) is 0. The molecule has 1 atom stereocenters. The van der Waals surface area contributed by atoms with E-state index in [2.05, 4.69) is 15.3 Å². The van der Waals surface area contributed by atoms with E-state index in [0.717, 1.165) is 21.9 Å². The van der Waals surface area contributed by atoms with Crippen LogP contribution in [0.1, 0.15) is 29.0 Å². The standard InChI is InChI=1S/C25H19FN4O2/c1-15(16-8-10-20(26)11-9-16)27-24(31)22-14-30-13-21(29-25(32)23(30)28-22)19-7-6-17-4-2-3-5-18(17)12-19/h2-15H,1H3,(H,27,31)(H,29,32)/t15-/m0/s1. The number of carbonyl (C=O) groups excluding carboxylic acids is 1. The number of aromatic amines is 1. The molecule has 6 nitrogen and oxygen atoms in total. The number of rotatable bonds is 4. The lowest BCUT2D eigenvalue weighted by molar-refractivity contribution is 0.0935. The number of nitrogens with one attached hydrogen (secondary N) is 2. The van der Waals surface area contributed by atoms with E-state index < -0.39 is 5.91 Å². The molecule has 0 unspecified atom stereocenters. The average Bonchev–Trinajstić information content (AvgIpc) is 3.24. The number of hydrogen-bond acceptors (Lipinski definition) is 3. The van der Waals surface area contributed by atoms with Crippen molar-refractivity contribution in [2.75, 3.05) is 0 Å². The van der Waals surface area contributed by atoms with Crippen molar-refractivity contribution in [3.63, 3.8) is 0 Å². The van der Waals surface area contributed by atoms with Crippen molar-refractivity contribution >= 4 is 22.3 Å². The topological polar surface area (TPSA) is 79.3 Å². The first-order chi connectivity index (χ1) is 15.5. The Balaban J connectivity index is 1.45. The zero-order valence-electron chi connectivity index (χ0n) is 17.2. The smallest absolute Gasteiger partial charge is 0.292 e. The minimum atomic E-state index is -0.419. The summed E-state index contributed by atoms with van der Waals surface area (Å²) in [6.07, 6.45) is 3.27. The summed E-state index contributed by atoms with van der Waals surface area (Å²) in [5, 5.41) is 5.00. The van der Waals surface area contributed by atoms with Gasteiger partial charge in [-0.25, -0.2) is 9.37 Å².